The fourth-order valence-electron chi connectivity index (χ4n) is 3.87. The minimum absolute atomic E-state index is 0.0608. The highest BCUT2D eigenvalue weighted by molar-refractivity contribution is 7.17. The summed E-state index contributed by atoms with van der Waals surface area (Å²) in [7, 11) is 0. The third-order valence-electron chi connectivity index (χ3n) is 5.42. The summed E-state index contributed by atoms with van der Waals surface area (Å²) in [5, 5.41) is 2.68. The van der Waals surface area contributed by atoms with E-state index < -0.39 is 17.6 Å². The number of benzene rings is 3. The van der Waals surface area contributed by atoms with Gasteiger partial charge in [-0.15, -0.1) is 11.3 Å². The first kappa shape index (κ1) is 23.5. The Morgan fingerprint density at radius 2 is 1.83 bits per heavy atom. The van der Waals surface area contributed by atoms with Crippen LogP contribution >= 0.6 is 34.5 Å². The second-order valence-electron chi connectivity index (χ2n) is 7.56. The van der Waals surface area contributed by atoms with Crippen molar-refractivity contribution in [1.82, 2.24) is 9.55 Å². The highest BCUT2D eigenvalue weighted by Gasteiger charge is 2.28. The van der Waals surface area contributed by atoms with Crippen molar-refractivity contribution < 1.29 is 18.3 Å². The second-order valence-corrected chi connectivity index (χ2v) is 9.33. The molecule has 0 spiro atoms. The lowest BCUT2D eigenvalue weighted by Crippen LogP contribution is -2.08. The van der Waals surface area contributed by atoms with E-state index in [2.05, 4.69) is 4.98 Å². The Bertz CT molecular complexity index is 1600. The lowest BCUT2D eigenvalue weighted by Gasteiger charge is -2.15. The standard InChI is InChI=1S/C26H16Cl2F2N2O2S/c1-2-34-26(33)23-24(15-6-8-19(29)18(28)13-15)32(20-5-3-4-17(27)22(20)30)25(31-23)16-7-9-21-14(12-16)10-11-35-21/h3-13H,2H2,1H3. The van der Waals surface area contributed by atoms with E-state index in [0.29, 0.717) is 11.1 Å². The van der Waals surface area contributed by atoms with Gasteiger partial charge in [0, 0.05) is 15.8 Å². The Morgan fingerprint density at radius 1 is 1.03 bits per heavy atom. The molecule has 176 valence electrons. The molecule has 5 aromatic rings. The molecule has 0 N–H and O–H groups in total. The third-order valence-corrected chi connectivity index (χ3v) is 6.90. The van der Waals surface area contributed by atoms with Gasteiger partial charge in [-0.2, -0.15) is 0 Å². The van der Waals surface area contributed by atoms with Gasteiger partial charge in [0.05, 0.1) is 28.0 Å². The van der Waals surface area contributed by atoms with Crippen molar-refractivity contribution in [3.63, 3.8) is 0 Å². The van der Waals surface area contributed by atoms with Crippen LogP contribution in [0.1, 0.15) is 17.4 Å². The predicted molar refractivity (Wildman–Crippen MR) is 136 cm³/mol. The zero-order valence-electron chi connectivity index (χ0n) is 18.2. The Kier molecular flexibility index (Phi) is 6.32. The van der Waals surface area contributed by atoms with Crippen molar-refractivity contribution in [2.24, 2.45) is 0 Å². The number of fused-ring (bicyclic) bond motifs is 1. The summed E-state index contributed by atoms with van der Waals surface area (Å²) in [5.41, 5.74) is 1.20. The quantitative estimate of drug-likeness (QED) is 0.216. The third kappa shape index (κ3) is 4.20. The smallest absolute Gasteiger partial charge is 0.359 e. The van der Waals surface area contributed by atoms with Crippen LogP contribution in [0.3, 0.4) is 0 Å². The van der Waals surface area contributed by atoms with Crippen LogP contribution in [0.2, 0.25) is 10.0 Å². The van der Waals surface area contributed by atoms with Crippen molar-refractivity contribution in [2.75, 3.05) is 6.61 Å². The Morgan fingerprint density at radius 3 is 2.60 bits per heavy atom. The van der Waals surface area contributed by atoms with E-state index in [0.717, 1.165) is 10.1 Å². The number of esters is 1. The number of hydrogen-bond acceptors (Lipinski definition) is 4. The minimum Gasteiger partial charge on any atom is -0.461 e. The molecule has 4 nitrogen and oxygen atoms in total. The van der Waals surface area contributed by atoms with Gasteiger partial charge in [0.2, 0.25) is 0 Å². The van der Waals surface area contributed by atoms with E-state index in [4.69, 9.17) is 27.9 Å². The van der Waals surface area contributed by atoms with Crippen LogP contribution in [0, 0.1) is 11.6 Å². The molecule has 0 unspecified atom stereocenters. The molecule has 2 heterocycles. The van der Waals surface area contributed by atoms with Crippen LogP contribution < -0.4 is 0 Å². The van der Waals surface area contributed by atoms with Gasteiger partial charge in [-0.25, -0.2) is 18.6 Å². The fraction of sp³-hybridized carbons (Fsp3) is 0.0769. The monoisotopic (exact) mass is 528 g/mol. The fourth-order valence-corrected chi connectivity index (χ4v) is 4.99. The molecule has 0 bridgehead atoms. The summed E-state index contributed by atoms with van der Waals surface area (Å²) in [5.74, 6) is -1.75. The van der Waals surface area contributed by atoms with Gasteiger partial charge in [-0.1, -0.05) is 29.3 Å². The molecule has 0 saturated carbocycles. The van der Waals surface area contributed by atoms with Gasteiger partial charge in [0.25, 0.3) is 0 Å². The van der Waals surface area contributed by atoms with E-state index >= 15 is 4.39 Å². The van der Waals surface area contributed by atoms with E-state index in [1.54, 1.807) is 24.3 Å². The number of ether oxygens (including phenoxy) is 1. The molecular weight excluding hydrogens is 513 g/mol. The van der Waals surface area contributed by atoms with Crippen LogP contribution in [0.5, 0.6) is 0 Å². The molecule has 3 aromatic carbocycles. The Balaban J connectivity index is 1.90. The van der Waals surface area contributed by atoms with Crippen molar-refractivity contribution >= 4 is 50.6 Å². The summed E-state index contributed by atoms with van der Waals surface area (Å²) in [6.45, 7) is 1.78. The molecule has 35 heavy (non-hydrogen) atoms. The van der Waals surface area contributed by atoms with Gasteiger partial charge < -0.3 is 4.74 Å². The number of aromatic nitrogens is 2. The van der Waals surface area contributed by atoms with Crippen LogP contribution in [-0.4, -0.2) is 22.1 Å². The normalized spacial score (nSPS) is 11.2. The Hall–Kier alpha value is -3.26. The van der Waals surface area contributed by atoms with E-state index in [1.807, 2.05) is 29.6 Å². The number of hydrogen-bond donors (Lipinski definition) is 0. The number of halogens is 4. The van der Waals surface area contributed by atoms with Gasteiger partial charge in [0.15, 0.2) is 11.5 Å². The predicted octanol–water partition coefficient (Wildman–Crippen LogP) is 8.18. The first-order valence-corrected chi connectivity index (χ1v) is 12.2. The summed E-state index contributed by atoms with van der Waals surface area (Å²) in [4.78, 5) is 17.6. The molecule has 9 heteroatoms. The lowest BCUT2D eigenvalue weighted by molar-refractivity contribution is 0.0521. The largest absolute Gasteiger partial charge is 0.461 e. The molecule has 0 fully saturated rings. The molecule has 0 saturated heterocycles. The molecule has 0 aliphatic carbocycles. The number of carbonyl (C=O) groups is 1. The number of rotatable bonds is 5. The van der Waals surface area contributed by atoms with Gasteiger partial charge >= 0.3 is 5.97 Å². The first-order chi connectivity index (χ1) is 16.9. The lowest BCUT2D eigenvalue weighted by atomic mass is 10.1. The number of nitrogens with zero attached hydrogens (tertiary/aromatic N) is 2. The van der Waals surface area contributed by atoms with Gasteiger partial charge in [0.1, 0.15) is 11.6 Å². The molecular formula is C26H16Cl2F2N2O2S. The topological polar surface area (TPSA) is 44.1 Å². The second kappa shape index (κ2) is 9.41. The average molecular weight is 529 g/mol. The van der Waals surface area contributed by atoms with Crippen molar-refractivity contribution in [2.45, 2.75) is 6.92 Å². The number of imidazole rings is 1. The van der Waals surface area contributed by atoms with Crippen LogP contribution in [0.4, 0.5) is 8.78 Å². The average Bonchev–Trinajstić information content (AvgIpc) is 3.47. The summed E-state index contributed by atoms with van der Waals surface area (Å²) in [6.07, 6.45) is 0. The van der Waals surface area contributed by atoms with Crippen molar-refractivity contribution in [1.29, 1.82) is 0 Å². The summed E-state index contributed by atoms with van der Waals surface area (Å²) >= 11 is 13.8. The number of thiophene rings is 1. The van der Waals surface area contributed by atoms with Gasteiger partial charge in [-0.3, -0.25) is 4.57 Å². The summed E-state index contributed by atoms with van der Waals surface area (Å²) < 4.78 is 37.2. The van der Waals surface area contributed by atoms with Crippen LogP contribution in [0.25, 0.3) is 38.4 Å². The summed E-state index contributed by atoms with van der Waals surface area (Å²) in [6, 6.07) is 16.2. The molecule has 0 aliphatic rings. The van der Waals surface area contributed by atoms with E-state index in [9.17, 15) is 9.18 Å². The maximum atomic E-state index is 15.4. The van der Waals surface area contributed by atoms with Crippen LogP contribution in [-0.2, 0) is 4.74 Å². The van der Waals surface area contributed by atoms with Gasteiger partial charge in [-0.05, 0) is 72.3 Å². The number of carbonyl (C=O) groups excluding carboxylic acids is 1. The van der Waals surface area contributed by atoms with E-state index in [-0.39, 0.29) is 39.6 Å². The van der Waals surface area contributed by atoms with E-state index in [1.165, 1.54) is 34.9 Å². The SMILES string of the molecule is CCOC(=O)c1nc(-c2ccc3sccc3c2)n(-c2cccc(Cl)c2F)c1-c1ccc(F)c(Cl)c1. The highest BCUT2D eigenvalue weighted by Crippen LogP contribution is 2.38. The minimum atomic E-state index is -0.706. The molecule has 0 aliphatic heterocycles. The molecule has 0 amide bonds. The van der Waals surface area contributed by atoms with Crippen molar-refractivity contribution in [3.05, 3.63) is 93.4 Å². The Labute approximate surface area is 213 Å². The highest BCUT2D eigenvalue weighted by atomic mass is 35.5. The zero-order chi connectivity index (χ0) is 24.7. The first-order valence-electron chi connectivity index (χ1n) is 10.6. The molecule has 5 rings (SSSR count). The molecule has 0 atom stereocenters. The maximum Gasteiger partial charge on any atom is 0.359 e. The maximum absolute atomic E-state index is 15.4. The molecule has 0 radical (unpaired) electrons. The zero-order valence-corrected chi connectivity index (χ0v) is 20.5. The van der Waals surface area contributed by atoms with Crippen molar-refractivity contribution in [3.8, 4) is 28.3 Å². The molecule has 2 aromatic heterocycles. The van der Waals surface area contributed by atoms with Crippen LogP contribution in [0.15, 0.2) is 66.0 Å².